The first kappa shape index (κ1) is 24.1. The first-order valence-corrected chi connectivity index (χ1v) is 14.0. The number of rotatable bonds is 4. The molecule has 7 aromatic rings. The second kappa shape index (κ2) is 9.49. The Morgan fingerprint density at radius 2 is 0.682 bits per heavy atom. The third-order valence-corrected chi connectivity index (χ3v) is 7.69. The highest BCUT2D eigenvalue weighted by atomic mass is 14.9. The van der Waals surface area contributed by atoms with Crippen molar-refractivity contribution in [1.82, 2.24) is 59.8 Å². The van der Waals surface area contributed by atoms with E-state index in [0.717, 1.165) is 67.1 Å². The van der Waals surface area contributed by atoms with Gasteiger partial charge in [-0.05, 0) is 48.6 Å². The van der Waals surface area contributed by atoms with Crippen molar-refractivity contribution < 1.29 is 0 Å². The van der Waals surface area contributed by atoms with Crippen molar-refractivity contribution in [3.05, 3.63) is 96.6 Å². The molecule has 0 unspecified atom stereocenters. The fourth-order valence-electron chi connectivity index (χ4n) is 5.81. The summed E-state index contributed by atoms with van der Waals surface area (Å²) in [5.74, 6) is 2.77. The van der Waals surface area contributed by atoms with E-state index in [1.165, 1.54) is 0 Å². The van der Waals surface area contributed by atoms with Gasteiger partial charge in [0.05, 0.1) is 67.1 Å². The highest BCUT2D eigenvalue weighted by Crippen LogP contribution is 2.36. The summed E-state index contributed by atoms with van der Waals surface area (Å²) in [6.07, 6.45) is 22.1. The summed E-state index contributed by atoms with van der Waals surface area (Å²) in [4.78, 5) is 48.9. The molecule has 0 atom stereocenters. The quantitative estimate of drug-likeness (QED) is 0.146. The topological polar surface area (TPSA) is 172 Å². The number of hydrogen-bond donors (Lipinski definition) is 6. The van der Waals surface area contributed by atoms with Crippen molar-refractivity contribution in [1.29, 1.82) is 0 Å². The van der Waals surface area contributed by atoms with Crippen LogP contribution < -0.4 is 0 Å². The zero-order valence-electron chi connectivity index (χ0n) is 22.9. The molecule has 0 fully saturated rings. The van der Waals surface area contributed by atoms with Crippen LogP contribution in [0, 0.1) is 0 Å². The van der Waals surface area contributed by atoms with E-state index >= 15 is 0 Å². The lowest BCUT2D eigenvalue weighted by molar-refractivity contribution is 1.21. The third-order valence-electron chi connectivity index (χ3n) is 7.69. The van der Waals surface area contributed by atoms with Crippen LogP contribution in [0.5, 0.6) is 0 Å². The second-order valence-electron chi connectivity index (χ2n) is 10.3. The van der Waals surface area contributed by atoms with Crippen molar-refractivity contribution in [3.63, 3.8) is 0 Å². The lowest BCUT2D eigenvalue weighted by Crippen LogP contribution is -1.93. The van der Waals surface area contributed by atoms with Crippen molar-refractivity contribution in [2.45, 2.75) is 0 Å². The van der Waals surface area contributed by atoms with Crippen LogP contribution >= 0.6 is 0 Å². The molecule has 6 N–H and O–H groups in total. The third kappa shape index (κ3) is 3.78. The smallest absolute Gasteiger partial charge is 0.141 e. The molecule has 0 saturated carbocycles. The van der Waals surface area contributed by atoms with Gasteiger partial charge in [-0.3, -0.25) is 0 Å². The van der Waals surface area contributed by atoms with E-state index in [2.05, 4.69) is 49.8 Å². The SMILES string of the molecule is C1=Cc2nc1c(-c1ncc[nH]1)c1nc(c(-c3ncc[nH]3)c3ccc([nH]3)c(-c3ncc[nH]3)c3ccc([nH]3)c2-c2ncc[nH]2)C=C1. The number of hydrogen-bond acceptors (Lipinski definition) is 6. The zero-order valence-corrected chi connectivity index (χ0v) is 22.9. The largest absolute Gasteiger partial charge is 0.354 e. The maximum absolute atomic E-state index is 5.12. The van der Waals surface area contributed by atoms with E-state index in [0.29, 0.717) is 23.3 Å². The van der Waals surface area contributed by atoms with Crippen molar-refractivity contribution >= 4 is 46.4 Å². The van der Waals surface area contributed by atoms with Crippen LogP contribution in [0.1, 0.15) is 22.8 Å². The minimum Gasteiger partial charge on any atom is -0.354 e. The van der Waals surface area contributed by atoms with Crippen molar-refractivity contribution in [2.24, 2.45) is 0 Å². The Hall–Kier alpha value is -6.56. The number of nitrogens with one attached hydrogen (secondary N) is 6. The van der Waals surface area contributed by atoms with Gasteiger partial charge < -0.3 is 29.9 Å². The molecule has 12 nitrogen and oxygen atoms in total. The molecular weight excluding hydrogens is 552 g/mol. The van der Waals surface area contributed by atoms with E-state index in [9.17, 15) is 0 Å². The highest BCUT2D eigenvalue weighted by molar-refractivity contribution is 5.97. The van der Waals surface area contributed by atoms with Gasteiger partial charge in [-0.15, -0.1) is 0 Å². The summed E-state index contributed by atoms with van der Waals surface area (Å²) < 4.78 is 0. The Morgan fingerprint density at radius 3 is 1.05 bits per heavy atom. The molecule has 2 aliphatic rings. The number of aromatic nitrogens is 12. The predicted octanol–water partition coefficient (Wildman–Crippen LogP) is 6.22. The molecule has 0 aromatic carbocycles. The molecule has 44 heavy (non-hydrogen) atoms. The number of fused-ring (bicyclic) bond motifs is 8. The number of nitrogens with zero attached hydrogens (tertiary/aromatic N) is 6. The highest BCUT2D eigenvalue weighted by Gasteiger charge is 2.21. The average molecular weight is 575 g/mol. The molecular formula is C32H22N12. The second-order valence-corrected chi connectivity index (χ2v) is 10.3. The molecule has 12 heteroatoms. The summed E-state index contributed by atoms with van der Waals surface area (Å²) >= 11 is 0. The molecule has 9 heterocycles. The lowest BCUT2D eigenvalue weighted by atomic mass is 10.1. The van der Waals surface area contributed by atoms with Gasteiger partial charge in [-0.25, -0.2) is 29.9 Å². The van der Waals surface area contributed by atoms with Gasteiger partial charge in [0.15, 0.2) is 0 Å². The number of aromatic amines is 6. The van der Waals surface area contributed by atoms with Gasteiger partial charge in [0.25, 0.3) is 0 Å². The maximum Gasteiger partial charge on any atom is 0.141 e. The Kier molecular flexibility index (Phi) is 5.19. The van der Waals surface area contributed by atoms with Crippen LogP contribution in [-0.4, -0.2) is 59.8 Å². The summed E-state index contributed by atoms with van der Waals surface area (Å²) in [7, 11) is 0. The van der Waals surface area contributed by atoms with Crippen molar-refractivity contribution in [2.75, 3.05) is 0 Å². The Balaban J connectivity index is 1.49. The Bertz CT molecular complexity index is 2230. The molecule has 210 valence electrons. The van der Waals surface area contributed by atoms with Crippen LogP contribution in [0.25, 0.3) is 91.9 Å². The maximum atomic E-state index is 5.12. The lowest BCUT2D eigenvalue weighted by Gasteiger charge is -2.03. The Labute approximate surface area is 248 Å². The van der Waals surface area contributed by atoms with Gasteiger partial charge in [0.1, 0.15) is 23.3 Å². The van der Waals surface area contributed by atoms with Gasteiger partial charge in [-0.2, -0.15) is 0 Å². The van der Waals surface area contributed by atoms with Crippen LogP contribution in [0.2, 0.25) is 0 Å². The normalized spacial score (nSPS) is 12.4. The molecule has 8 bridgehead atoms. The van der Waals surface area contributed by atoms with Gasteiger partial charge in [0.2, 0.25) is 0 Å². The Morgan fingerprint density at radius 1 is 0.364 bits per heavy atom. The monoisotopic (exact) mass is 574 g/mol. The van der Waals surface area contributed by atoms with Crippen LogP contribution in [0.15, 0.2) is 73.8 Å². The van der Waals surface area contributed by atoms with E-state index in [1.807, 2.05) is 54.8 Å². The summed E-state index contributed by atoms with van der Waals surface area (Å²) in [5.41, 5.74) is 9.68. The van der Waals surface area contributed by atoms with Gasteiger partial charge in [-0.1, -0.05) is 0 Å². The van der Waals surface area contributed by atoms with Crippen LogP contribution in [0.3, 0.4) is 0 Å². The molecule has 0 aliphatic carbocycles. The van der Waals surface area contributed by atoms with E-state index in [1.54, 1.807) is 43.4 Å². The van der Waals surface area contributed by atoms with E-state index in [4.69, 9.17) is 9.97 Å². The van der Waals surface area contributed by atoms with Crippen LogP contribution in [0.4, 0.5) is 0 Å². The molecule has 0 saturated heterocycles. The summed E-state index contributed by atoms with van der Waals surface area (Å²) in [5, 5.41) is 0. The molecule has 2 aliphatic heterocycles. The minimum absolute atomic E-state index is 0.668. The van der Waals surface area contributed by atoms with Gasteiger partial charge >= 0.3 is 0 Å². The first-order valence-electron chi connectivity index (χ1n) is 14.0. The summed E-state index contributed by atoms with van der Waals surface area (Å²) in [6.45, 7) is 0. The molecule has 7 aromatic heterocycles. The van der Waals surface area contributed by atoms with E-state index in [-0.39, 0.29) is 0 Å². The molecule has 9 rings (SSSR count). The molecule has 0 amide bonds. The average Bonchev–Trinajstić information content (AvgIpc) is 3.90. The predicted molar refractivity (Wildman–Crippen MR) is 169 cm³/mol. The number of H-pyrrole nitrogens is 6. The first-order chi connectivity index (χ1) is 21.8. The standard InChI is InChI=1S/C32H22N12/c1-2-18-26(30-35-11-12-36-30)20-5-6-22(43-20)28(32-39-15-16-40-32)24-8-7-23(44-24)27(31-37-13-14-38-31)21-4-3-19(42-21)25(17(1)41-18)29-33-9-10-34-29/h1-16,41-42H,(H,33,34)(H,35,36)(H,37,38)(H,39,40). The molecule has 0 radical (unpaired) electrons. The fourth-order valence-corrected chi connectivity index (χ4v) is 5.81. The zero-order chi connectivity index (χ0) is 29.0. The van der Waals surface area contributed by atoms with Crippen LogP contribution in [-0.2, 0) is 0 Å². The van der Waals surface area contributed by atoms with Gasteiger partial charge in [0, 0.05) is 49.6 Å². The fraction of sp³-hybridized carbons (Fsp3) is 0. The van der Waals surface area contributed by atoms with Crippen molar-refractivity contribution in [3.8, 4) is 45.6 Å². The minimum atomic E-state index is 0.668. The number of imidazole rings is 4. The summed E-state index contributed by atoms with van der Waals surface area (Å²) in [6, 6.07) is 8.16. The molecule has 0 spiro atoms. The van der Waals surface area contributed by atoms with E-state index < -0.39 is 0 Å².